The summed E-state index contributed by atoms with van der Waals surface area (Å²) in [5.74, 6) is -0.405. The number of rotatable bonds is 5. The summed E-state index contributed by atoms with van der Waals surface area (Å²) in [6.45, 7) is -0.136. The van der Waals surface area contributed by atoms with Crippen LogP contribution >= 0.6 is 16.3 Å². The normalized spacial score (nSPS) is 25.7. The summed E-state index contributed by atoms with van der Waals surface area (Å²) in [6.07, 6.45) is -5.77. The van der Waals surface area contributed by atoms with Crippen molar-refractivity contribution in [2.45, 2.75) is 30.7 Å². The number of hydrogen-bond donors (Lipinski definition) is 5. The van der Waals surface area contributed by atoms with Gasteiger partial charge in [0.25, 0.3) is 0 Å². The molecule has 3 aromatic rings. The third-order valence-electron chi connectivity index (χ3n) is 5.16. The van der Waals surface area contributed by atoms with Crippen LogP contribution in [0, 0.1) is 0 Å². The molecule has 0 aliphatic carbocycles. The van der Waals surface area contributed by atoms with Crippen molar-refractivity contribution < 1.29 is 43.3 Å². The molecular weight excluding hydrogens is 492 g/mol. The Morgan fingerprint density at radius 2 is 1.72 bits per heavy atom. The number of halogens is 1. The molecule has 170 valence electrons. The quantitative estimate of drug-likeness (QED) is 0.339. The van der Waals surface area contributed by atoms with E-state index in [2.05, 4.69) is 16.3 Å². The van der Waals surface area contributed by atoms with E-state index in [-0.39, 0.29) is 34.6 Å². The zero-order valence-corrected chi connectivity index (χ0v) is 17.9. The first-order chi connectivity index (χ1) is 15.3. The van der Waals surface area contributed by atoms with Gasteiger partial charge in [-0.15, -0.1) is 0 Å². The standard InChI is InChI=1S/C21H19BrO10/c22-30-8-15-18(26)19(27)20(28)21(32-15)31-11-5-13(24)16-14(6-11)29-7-12(17(16)25)9-1-3-10(23)4-2-9/h1-7,15,18-21,23-24,26-28H,8H2/t15-,18-,19+,20-,21-/m1/s1. The predicted molar refractivity (Wildman–Crippen MR) is 113 cm³/mol. The van der Waals surface area contributed by atoms with Gasteiger partial charge in [0.1, 0.15) is 58.9 Å². The van der Waals surface area contributed by atoms with Gasteiger partial charge in [-0.05, 0) is 17.7 Å². The van der Waals surface area contributed by atoms with E-state index in [1.165, 1.54) is 36.6 Å². The van der Waals surface area contributed by atoms with Crippen LogP contribution < -0.4 is 10.2 Å². The average Bonchev–Trinajstić information content (AvgIpc) is 2.76. The van der Waals surface area contributed by atoms with Gasteiger partial charge in [-0.25, -0.2) is 0 Å². The van der Waals surface area contributed by atoms with Crippen molar-refractivity contribution in [2.24, 2.45) is 0 Å². The Hall–Kier alpha value is -2.67. The molecule has 1 aliphatic heterocycles. The fourth-order valence-corrected chi connectivity index (χ4v) is 3.72. The van der Waals surface area contributed by atoms with Crippen LogP contribution in [-0.4, -0.2) is 62.8 Å². The summed E-state index contributed by atoms with van der Waals surface area (Å²) in [5.41, 5.74) is 0.188. The number of phenols is 2. The Balaban J connectivity index is 1.66. The lowest BCUT2D eigenvalue weighted by Gasteiger charge is -2.39. The lowest BCUT2D eigenvalue weighted by molar-refractivity contribution is -0.275. The second-order valence-corrected chi connectivity index (χ2v) is 7.71. The number of benzene rings is 2. The summed E-state index contributed by atoms with van der Waals surface area (Å²) < 4.78 is 21.3. The van der Waals surface area contributed by atoms with Gasteiger partial charge < -0.3 is 43.3 Å². The third kappa shape index (κ3) is 4.18. The van der Waals surface area contributed by atoms with Gasteiger partial charge >= 0.3 is 0 Å². The van der Waals surface area contributed by atoms with E-state index in [0.717, 1.165) is 6.07 Å². The molecule has 10 nitrogen and oxygen atoms in total. The molecule has 32 heavy (non-hydrogen) atoms. The lowest BCUT2D eigenvalue weighted by Crippen LogP contribution is -2.60. The summed E-state index contributed by atoms with van der Waals surface area (Å²) in [4.78, 5) is 12.9. The summed E-state index contributed by atoms with van der Waals surface area (Å²) >= 11 is 2.74. The van der Waals surface area contributed by atoms with Crippen molar-refractivity contribution >= 4 is 27.2 Å². The second kappa shape index (κ2) is 9.06. The second-order valence-electron chi connectivity index (χ2n) is 7.25. The minimum atomic E-state index is -1.60. The van der Waals surface area contributed by atoms with Gasteiger partial charge in [0.2, 0.25) is 11.7 Å². The predicted octanol–water partition coefficient (Wildman–Crippen LogP) is 1.38. The van der Waals surface area contributed by atoms with E-state index in [1.807, 2.05) is 0 Å². The zero-order valence-electron chi connectivity index (χ0n) is 16.3. The Kier molecular flexibility index (Phi) is 6.38. The third-order valence-corrected chi connectivity index (χ3v) is 5.42. The molecule has 5 N–H and O–H groups in total. The number of phenolic OH excluding ortho intramolecular Hbond substituents is 2. The molecule has 2 heterocycles. The largest absolute Gasteiger partial charge is 0.508 e. The van der Waals surface area contributed by atoms with Crippen molar-refractivity contribution in [3.8, 4) is 28.4 Å². The first-order valence-electron chi connectivity index (χ1n) is 9.48. The van der Waals surface area contributed by atoms with Gasteiger partial charge in [0.15, 0.2) is 0 Å². The molecule has 0 saturated carbocycles. The molecule has 0 bridgehead atoms. The highest BCUT2D eigenvalue weighted by molar-refractivity contribution is 9.06. The van der Waals surface area contributed by atoms with Crippen molar-refractivity contribution in [3.63, 3.8) is 0 Å². The molecular formula is C21H19BrO10. The number of fused-ring (bicyclic) bond motifs is 1. The SMILES string of the molecule is O=c1c(-c2ccc(O)cc2)coc2cc(O[C@@H]3O[C@H](COBr)[C@@H](O)[C@H](O)[C@H]3O)cc(O)c12. The van der Waals surface area contributed by atoms with Gasteiger partial charge in [-0.2, -0.15) is 0 Å². The van der Waals surface area contributed by atoms with Crippen LogP contribution in [-0.2, 0) is 8.57 Å². The van der Waals surface area contributed by atoms with Crippen LogP contribution in [0.2, 0.25) is 0 Å². The van der Waals surface area contributed by atoms with Crippen molar-refractivity contribution in [3.05, 3.63) is 52.9 Å². The molecule has 1 aromatic heterocycles. The number of aliphatic hydroxyl groups is 3. The van der Waals surface area contributed by atoms with Gasteiger partial charge in [-0.1, -0.05) is 12.1 Å². The van der Waals surface area contributed by atoms with E-state index in [1.54, 1.807) is 0 Å². The van der Waals surface area contributed by atoms with Crippen LogP contribution in [0.3, 0.4) is 0 Å². The van der Waals surface area contributed by atoms with Crippen molar-refractivity contribution in [1.82, 2.24) is 0 Å². The minimum absolute atomic E-state index is 0.0123. The molecule has 1 aliphatic rings. The van der Waals surface area contributed by atoms with Crippen LogP contribution in [0.5, 0.6) is 17.2 Å². The number of aromatic hydroxyl groups is 2. The monoisotopic (exact) mass is 510 g/mol. The zero-order chi connectivity index (χ0) is 23.0. The van der Waals surface area contributed by atoms with Crippen LogP contribution in [0.1, 0.15) is 0 Å². The van der Waals surface area contributed by atoms with Gasteiger partial charge in [-0.3, -0.25) is 4.79 Å². The highest BCUT2D eigenvalue weighted by Gasteiger charge is 2.45. The van der Waals surface area contributed by atoms with Gasteiger partial charge in [0.05, 0.1) is 28.4 Å². The maximum absolute atomic E-state index is 12.9. The maximum atomic E-state index is 12.9. The average molecular weight is 511 g/mol. The van der Waals surface area contributed by atoms with Gasteiger partial charge in [0, 0.05) is 12.1 Å². The molecule has 0 radical (unpaired) electrons. The highest BCUT2D eigenvalue weighted by atomic mass is 79.9. The highest BCUT2D eigenvalue weighted by Crippen LogP contribution is 2.33. The van der Waals surface area contributed by atoms with Crippen molar-refractivity contribution in [2.75, 3.05) is 6.61 Å². The van der Waals surface area contributed by atoms with E-state index in [9.17, 15) is 30.3 Å². The number of ether oxygens (including phenoxy) is 2. The Labute approximate surface area is 189 Å². The molecule has 4 rings (SSSR count). The molecule has 1 saturated heterocycles. The maximum Gasteiger partial charge on any atom is 0.229 e. The first kappa shape index (κ1) is 22.5. The van der Waals surface area contributed by atoms with E-state index in [0.29, 0.717) is 5.56 Å². The fraction of sp³-hybridized carbons (Fsp3) is 0.286. The van der Waals surface area contributed by atoms with E-state index >= 15 is 0 Å². The smallest absolute Gasteiger partial charge is 0.229 e. The summed E-state index contributed by atoms with van der Waals surface area (Å²) in [7, 11) is 0. The van der Waals surface area contributed by atoms with E-state index in [4.69, 9.17) is 17.7 Å². The number of aliphatic hydroxyl groups excluding tert-OH is 3. The fourth-order valence-electron chi connectivity index (χ4n) is 3.46. The van der Waals surface area contributed by atoms with Crippen LogP contribution in [0.15, 0.2) is 51.9 Å². The Morgan fingerprint density at radius 3 is 2.41 bits per heavy atom. The molecule has 0 unspecified atom stereocenters. The molecule has 2 aromatic carbocycles. The number of hydrogen-bond acceptors (Lipinski definition) is 10. The molecule has 1 fully saturated rings. The van der Waals surface area contributed by atoms with E-state index < -0.39 is 41.9 Å². The lowest BCUT2D eigenvalue weighted by atomic mass is 9.99. The Morgan fingerprint density at radius 1 is 1.00 bits per heavy atom. The summed E-state index contributed by atoms with van der Waals surface area (Å²) in [6, 6.07) is 8.38. The molecule has 5 atom stereocenters. The Bertz CT molecular complexity index is 1160. The van der Waals surface area contributed by atoms with Crippen LogP contribution in [0.25, 0.3) is 22.1 Å². The minimum Gasteiger partial charge on any atom is -0.508 e. The first-order valence-corrected chi connectivity index (χ1v) is 10.1. The summed E-state index contributed by atoms with van der Waals surface area (Å²) in [5, 5.41) is 50.0. The topological polar surface area (TPSA) is 159 Å². The molecule has 11 heteroatoms. The van der Waals surface area contributed by atoms with Crippen molar-refractivity contribution in [1.29, 1.82) is 0 Å². The molecule has 0 spiro atoms. The van der Waals surface area contributed by atoms with Crippen LogP contribution in [0.4, 0.5) is 0 Å². The molecule has 0 amide bonds.